The molecule has 11 nitrogen and oxygen atoms in total. The lowest BCUT2D eigenvalue weighted by Gasteiger charge is -2.29. The lowest BCUT2D eigenvalue weighted by Crippen LogP contribution is -2.51. The van der Waals surface area contributed by atoms with Crippen LogP contribution in [0.4, 0.5) is 0 Å². The highest BCUT2D eigenvalue weighted by molar-refractivity contribution is 6.32. The molecule has 4 N–H and O–H groups in total. The molecule has 1 fully saturated rings. The van der Waals surface area contributed by atoms with Gasteiger partial charge in [0.05, 0.1) is 23.7 Å². The van der Waals surface area contributed by atoms with E-state index in [-0.39, 0.29) is 49.9 Å². The van der Waals surface area contributed by atoms with Crippen molar-refractivity contribution in [3.8, 4) is 5.75 Å². The van der Waals surface area contributed by atoms with Crippen LogP contribution in [0, 0.1) is 17.3 Å². The molecule has 6 atom stereocenters. The number of amides is 2. The van der Waals surface area contributed by atoms with Crippen molar-refractivity contribution in [2.75, 3.05) is 13.7 Å². The lowest BCUT2D eigenvalue weighted by molar-refractivity contribution is -0.179. The van der Waals surface area contributed by atoms with Gasteiger partial charge in [0, 0.05) is 31.8 Å². The molecule has 0 aromatic heterocycles. The fourth-order valence-electron chi connectivity index (χ4n) is 5.67. The monoisotopic (exact) mass is 697 g/mol. The molecule has 2 aliphatic rings. The third-order valence-corrected chi connectivity index (χ3v) is 9.12. The van der Waals surface area contributed by atoms with E-state index in [4.69, 9.17) is 36.3 Å². The van der Waals surface area contributed by atoms with Gasteiger partial charge in [0.2, 0.25) is 11.8 Å². The normalized spacial score (nSPS) is 25.5. The fraction of sp³-hybridized carbons (Fsp3) is 0.514. The van der Waals surface area contributed by atoms with E-state index >= 15 is 0 Å². The number of rotatable bonds is 9. The molecule has 2 amide bonds. The molecule has 0 radical (unpaired) electrons. The van der Waals surface area contributed by atoms with Gasteiger partial charge in [0.25, 0.3) is 0 Å². The molecular formula is C37H48ClN3O8. The van der Waals surface area contributed by atoms with Gasteiger partial charge < -0.3 is 35.3 Å². The SMILES string of the molecule is COc1ccc(C[C@H]2NC(=O)C=CCC([C@H](C)[C@H]3O[C@@H]3c3ccc(CN)cc3)OC(=O)[C@H](CC(C)C)OC(=O)C(C)(C)CNC2=O)cc1Cl. The fourth-order valence-corrected chi connectivity index (χ4v) is 5.95. The first-order valence-electron chi connectivity index (χ1n) is 16.7. The molecule has 0 aliphatic carbocycles. The molecule has 4 rings (SSSR count). The van der Waals surface area contributed by atoms with E-state index in [0.29, 0.717) is 22.9 Å². The van der Waals surface area contributed by atoms with Gasteiger partial charge in [-0.2, -0.15) is 0 Å². The van der Waals surface area contributed by atoms with Gasteiger partial charge >= 0.3 is 11.9 Å². The first kappa shape index (κ1) is 37.9. The Kier molecular flexibility index (Phi) is 12.9. The van der Waals surface area contributed by atoms with Crippen molar-refractivity contribution in [2.24, 2.45) is 23.0 Å². The summed E-state index contributed by atoms with van der Waals surface area (Å²) in [4.78, 5) is 53.7. The number of epoxide rings is 1. The summed E-state index contributed by atoms with van der Waals surface area (Å²) in [5.41, 5.74) is 7.22. The molecule has 1 saturated heterocycles. The Labute approximate surface area is 293 Å². The van der Waals surface area contributed by atoms with Crippen molar-refractivity contribution in [1.29, 1.82) is 0 Å². The van der Waals surface area contributed by atoms with Crippen LogP contribution in [0.1, 0.15) is 70.3 Å². The largest absolute Gasteiger partial charge is 0.495 e. The van der Waals surface area contributed by atoms with Crippen molar-refractivity contribution in [1.82, 2.24) is 10.6 Å². The highest BCUT2D eigenvalue weighted by Gasteiger charge is 2.48. The number of benzene rings is 2. The second-order valence-electron chi connectivity index (χ2n) is 13.8. The van der Waals surface area contributed by atoms with Crippen molar-refractivity contribution < 1.29 is 38.1 Å². The smallest absolute Gasteiger partial charge is 0.347 e. The van der Waals surface area contributed by atoms with Crippen molar-refractivity contribution >= 4 is 35.4 Å². The maximum atomic E-state index is 13.6. The minimum atomic E-state index is -1.21. The van der Waals surface area contributed by atoms with Crippen molar-refractivity contribution in [3.05, 3.63) is 76.3 Å². The third kappa shape index (κ3) is 10.3. The Morgan fingerprint density at radius 3 is 2.35 bits per heavy atom. The van der Waals surface area contributed by atoms with Crippen LogP contribution < -0.4 is 21.1 Å². The predicted molar refractivity (Wildman–Crippen MR) is 185 cm³/mol. The molecule has 2 aliphatic heterocycles. The summed E-state index contributed by atoms with van der Waals surface area (Å²) in [5, 5.41) is 5.91. The first-order chi connectivity index (χ1) is 23.2. The van der Waals surface area contributed by atoms with Crippen LogP contribution in [0.2, 0.25) is 5.02 Å². The number of carbonyl (C=O) groups excluding carboxylic acids is 4. The Bertz CT molecular complexity index is 1530. The van der Waals surface area contributed by atoms with E-state index in [1.165, 1.54) is 13.2 Å². The van der Waals surface area contributed by atoms with Gasteiger partial charge in [-0.3, -0.25) is 14.4 Å². The Morgan fingerprint density at radius 2 is 1.71 bits per heavy atom. The number of methoxy groups -OCH3 is 1. The second kappa shape index (κ2) is 16.7. The minimum absolute atomic E-state index is 0.0121. The number of nitrogens with one attached hydrogen (secondary N) is 2. The molecule has 0 spiro atoms. The topological polar surface area (TPSA) is 159 Å². The quantitative estimate of drug-likeness (QED) is 0.252. The number of nitrogens with two attached hydrogens (primary N) is 1. The highest BCUT2D eigenvalue weighted by Crippen LogP contribution is 2.45. The van der Waals surface area contributed by atoms with Crippen LogP contribution in [0.3, 0.4) is 0 Å². The summed E-state index contributed by atoms with van der Waals surface area (Å²) in [7, 11) is 1.50. The van der Waals surface area contributed by atoms with Gasteiger partial charge in [-0.15, -0.1) is 0 Å². The van der Waals surface area contributed by atoms with Crippen LogP contribution in [-0.2, 0) is 46.4 Å². The zero-order valence-corrected chi connectivity index (χ0v) is 29.8. The summed E-state index contributed by atoms with van der Waals surface area (Å²) < 4.78 is 23.1. The van der Waals surface area contributed by atoms with E-state index in [0.717, 1.165) is 11.1 Å². The predicted octanol–water partition coefficient (Wildman–Crippen LogP) is 4.58. The molecule has 0 saturated carbocycles. The van der Waals surface area contributed by atoms with Crippen LogP contribution in [0.25, 0.3) is 0 Å². The number of hydrogen-bond acceptors (Lipinski definition) is 9. The van der Waals surface area contributed by atoms with E-state index in [2.05, 4.69) is 10.6 Å². The summed E-state index contributed by atoms with van der Waals surface area (Å²) in [6.07, 6.45) is 1.18. The summed E-state index contributed by atoms with van der Waals surface area (Å²) >= 11 is 6.32. The molecule has 2 aromatic rings. The zero-order chi connectivity index (χ0) is 35.9. The summed E-state index contributed by atoms with van der Waals surface area (Å²) in [5.74, 6) is -2.14. The molecule has 49 heavy (non-hydrogen) atoms. The second-order valence-corrected chi connectivity index (χ2v) is 14.2. The summed E-state index contributed by atoms with van der Waals surface area (Å²) in [6, 6.07) is 12.0. The molecular weight excluding hydrogens is 650 g/mol. The third-order valence-electron chi connectivity index (χ3n) is 8.82. The van der Waals surface area contributed by atoms with Gasteiger partial charge in [-0.1, -0.05) is 68.8 Å². The molecule has 266 valence electrons. The number of halogens is 1. The average molecular weight is 698 g/mol. The molecule has 1 unspecified atom stereocenters. The Hall–Kier alpha value is -3.93. The number of carbonyl (C=O) groups is 4. The van der Waals surface area contributed by atoms with Gasteiger partial charge in [-0.25, -0.2) is 4.79 Å². The summed E-state index contributed by atoms with van der Waals surface area (Å²) in [6.45, 7) is 9.33. The molecule has 12 heteroatoms. The van der Waals surface area contributed by atoms with Gasteiger partial charge in [-0.05, 0) is 61.1 Å². The Morgan fingerprint density at radius 1 is 1.02 bits per heavy atom. The van der Waals surface area contributed by atoms with Crippen LogP contribution in [0.15, 0.2) is 54.6 Å². The van der Waals surface area contributed by atoms with Gasteiger partial charge in [0.15, 0.2) is 6.10 Å². The van der Waals surface area contributed by atoms with Crippen molar-refractivity contribution in [3.63, 3.8) is 0 Å². The number of esters is 2. The van der Waals surface area contributed by atoms with E-state index in [9.17, 15) is 19.2 Å². The first-order valence-corrected chi connectivity index (χ1v) is 17.0. The standard InChI is InChI=1S/C37H48ClN3O8/c1-21(2)16-30-35(44)47-28(22(3)32-33(49-32)25-13-10-23(19-39)11-14-25)8-7-9-31(42)41-27(18-24-12-15-29(46-6)26(38)17-24)34(43)40-20-37(4,5)36(45)48-30/h7,9-15,17,21-22,27-28,30,32-33H,8,16,18-20,39H2,1-6H3,(H,40,43)(H,41,42)/t22-,27+,28?,30-,32+,33+/m0/s1. The molecule has 0 bridgehead atoms. The maximum Gasteiger partial charge on any atom is 0.347 e. The minimum Gasteiger partial charge on any atom is -0.495 e. The number of hydrogen-bond donors (Lipinski definition) is 3. The zero-order valence-electron chi connectivity index (χ0n) is 29.0. The van der Waals surface area contributed by atoms with Crippen molar-refractivity contribution in [2.45, 2.75) is 90.9 Å². The van der Waals surface area contributed by atoms with Crippen LogP contribution in [-0.4, -0.2) is 61.8 Å². The molecule has 2 aromatic carbocycles. The van der Waals surface area contributed by atoms with E-state index in [1.54, 1.807) is 38.1 Å². The molecule has 2 heterocycles. The highest BCUT2D eigenvalue weighted by atomic mass is 35.5. The maximum absolute atomic E-state index is 13.6. The van der Waals surface area contributed by atoms with Crippen LogP contribution >= 0.6 is 11.6 Å². The average Bonchev–Trinajstić information content (AvgIpc) is 3.86. The number of cyclic esters (lactones) is 2. The van der Waals surface area contributed by atoms with Crippen LogP contribution in [0.5, 0.6) is 5.75 Å². The van der Waals surface area contributed by atoms with E-state index < -0.39 is 47.4 Å². The van der Waals surface area contributed by atoms with E-state index in [1.807, 2.05) is 45.0 Å². The number of ether oxygens (including phenoxy) is 4. The van der Waals surface area contributed by atoms with Gasteiger partial charge in [0.1, 0.15) is 24.0 Å². The Balaban J connectivity index is 1.60. The lowest BCUT2D eigenvalue weighted by atomic mass is 9.92.